The van der Waals surface area contributed by atoms with Crippen LogP contribution in [0.25, 0.3) is 0 Å². The standard InChI is InChI=1S/C6H11Br2Cl/c1-2-3-6(9)5(8)4-7/h5-6H,2-4H2,1H3. The lowest BCUT2D eigenvalue weighted by atomic mass is 10.2. The molecule has 2 atom stereocenters. The predicted octanol–water partition coefficient (Wildman–Crippen LogP) is 3.55. The molecule has 56 valence electrons. The van der Waals surface area contributed by atoms with Crippen molar-refractivity contribution in [2.75, 3.05) is 5.33 Å². The van der Waals surface area contributed by atoms with E-state index in [0.717, 1.165) is 18.2 Å². The van der Waals surface area contributed by atoms with Crippen LogP contribution in [-0.4, -0.2) is 15.5 Å². The Kier molecular flexibility index (Phi) is 6.82. The number of halogens is 3. The van der Waals surface area contributed by atoms with E-state index in [2.05, 4.69) is 38.8 Å². The van der Waals surface area contributed by atoms with Crippen LogP contribution in [-0.2, 0) is 0 Å². The van der Waals surface area contributed by atoms with E-state index < -0.39 is 0 Å². The van der Waals surface area contributed by atoms with Crippen molar-refractivity contribution >= 4 is 43.5 Å². The fourth-order valence-corrected chi connectivity index (χ4v) is 1.79. The van der Waals surface area contributed by atoms with Crippen LogP contribution in [0, 0.1) is 0 Å². The Morgan fingerprint density at radius 2 is 2.11 bits per heavy atom. The summed E-state index contributed by atoms with van der Waals surface area (Å²) in [6, 6.07) is 0. The second-order valence-electron chi connectivity index (χ2n) is 1.97. The lowest BCUT2D eigenvalue weighted by Gasteiger charge is -2.11. The number of rotatable bonds is 4. The highest BCUT2D eigenvalue weighted by Crippen LogP contribution is 2.18. The average molecular weight is 278 g/mol. The summed E-state index contributed by atoms with van der Waals surface area (Å²) in [5.74, 6) is 0. The fraction of sp³-hybridized carbons (Fsp3) is 1.00. The van der Waals surface area contributed by atoms with E-state index in [4.69, 9.17) is 11.6 Å². The van der Waals surface area contributed by atoms with Gasteiger partial charge >= 0.3 is 0 Å². The van der Waals surface area contributed by atoms with Crippen LogP contribution in [0.3, 0.4) is 0 Å². The normalized spacial score (nSPS) is 17.3. The Balaban J connectivity index is 3.32. The SMILES string of the molecule is CCCC(Cl)C(Br)CBr. The van der Waals surface area contributed by atoms with Crippen molar-refractivity contribution in [1.82, 2.24) is 0 Å². The van der Waals surface area contributed by atoms with Gasteiger partial charge in [0.2, 0.25) is 0 Å². The zero-order valence-electron chi connectivity index (χ0n) is 5.41. The van der Waals surface area contributed by atoms with Crippen LogP contribution in [0.15, 0.2) is 0 Å². The van der Waals surface area contributed by atoms with Gasteiger partial charge in [0.15, 0.2) is 0 Å². The summed E-state index contributed by atoms with van der Waals surface area (Å²) in [5, 5.41) is 1.20. The van der Waals surface area contributed by atoms with Crippen LogP contribution < -0.4 is 0 Å². The van der Waals surface area contributed by atoms with Gasteiger partial charge in [-0.3, -0.25) is 0 Å². The summed E-state index contributed by atoms with van der Waals surface area (Å²) < 4.78 is 0. The van der Waals surface area contributed by atoms with Gasteiger partial charge in [-0.2, -0.15) is 0 Å². The van der Waals surface area contributed by atoms with Crippen LogP contribution in [0.4, 0.5) is 0 Å². The van der Waals surface area contributed by atoms with Gasteiger partial charge in [-0.25, -0.2) is 0 Å². The van der Waals surface area contributed by atoms with Crippen molar-refractivity contribution in [3.63, 3.8) is 0 Å². The summed E-state index contributed by atoms with van der Waals surface area (Å²) in [6.45, 7) is 2.14. The molecule has 0 heterocycles. The Bertz CT molecular complexity index is 68.1. The molecule has 0 saturated heterocycles. The molecular weight excluding hydrogens is 267 g/mol. The molecule has 0 aliphatic heterocycles. The molecule has 0 aliphatic carbocycles. The molecule has 2 unspecified atom stereocenters. The second-order valence-corrected chi connectivity index (χ2v) is 4.36. The monoisotopic (exact) mass is 276 g/mol. The van der Waals surface area contributed by atoms with Crippen molar-refractivity contribution in [3.8, 4) is 0 Å². The lowest BCUT2D eigenvalue weighted by Crippen LogP contribution is -2.14. The summed E-state index contributed by atoms with van der Waals surface area (Å²) in [7, 11) is 0. The van der Waals surface area contributed by atoms with E-state index in [9.17, 15) is 0 Å². The van der Waals surface area contributed by atoms with E-state index in [-0.39, 0.29) is 5.38 Å². The Morgan fingerprint density at radius 1 is 1.56 bits per heavy atom. The summed E-state index contributed by atoms with van der Waals surface area (Å²) in [4.78, 5) is 0.416. The molecule has 3 heteroatoms. The van der Waals surface area contributed by atoms with E-state index in [1.807, 2.05) is 0 Å². The first kappa shape index (κ1) is 10.2. The topological polar surface area (TPSA) is 0 Å². The van der Waals surface area contributed by atoms with Gasteiger partial charge in [0.25, 0.3) is 0 Å². The molecule has 0 radical (unpaired) electrons. The van der Waals surface area contributed by atoms with E-state index >= 15 is 0 Å². The predicted molar refractivity (Wildman–Crippen MR) is 51.1 cm³/mol. The maximum absolute atomic E-state index is 5.95. The van der Waals surface area contributed by atoms with Crippen molar-refractivity contribution in [1.29, 1.82) is 0 Å². The van der Waals surface area contributed by atoms with Crippen molar-refractivity contribution in [2.45, 2.75) is 30.0 Å². The number of hydrogen-bond acceptors (Lipinski definition) is 0. The molecule has 0 aromatic rings. The summed E-state index contributed by atoms with van der Waals surface area (Å²) in [5.41, 5.74) is 0. The summed E-state index contributed by atoms with van der Waals surface area (Å²) >= 11 is 12.8. The smallest absolute Gasteiger partial charge is 0.0469 e. The Labute approximate surface area is 78.6 Å². The first-order valence-electron chi connectivity index (χ1n) is 3.06. The number of hydrogen-bond donors (Lipinski definition) is 0. The first-order chi connectivity index (χ1) is 4.22. The largest absolute Gasteiger partial charge is 0.122 e. The third-order valence-corrected chi connectivity index (χ3v) is 4.46. The van der Waals surface area contributed by atoms with Gasteiger partial charge in [0.05, 0.1) is 0 Å². The highest BCUT2D eigenvalue weighted by atomic mass is 79.9. The fourth-order valence-electron chi connectivity index (χ4n) is 0.553. The second kappa shape index (κ2) is 5.99. The molecular formula is C6H11Br2Cl. The van der Waals surface area contributed by atoms with Crippen LogP contribution in [0.1, 0.15) is 19.8 Å². The third kappa shape index (κ3) is 4.63. The zero-order valence-corrected chi connectivity index (χ0v) is 9.34. The van der Waals surface area contributed by atoms with Gasteiger partial charge < -0.3 is 0 Å². The molecule has 0 fully saturated rings. The molecule has 0 bridgehead atoms. The Morgan fingerprint density at radius 3 is 2.44 bits per heavy atom. The first-order valence-corrected chi connectivity index (χ1v) is 5.53. The summed E-state index contributed by atoms with van der Waals surface area (Å²) in [6.07, 6.45) is 2.24. The van der Waals surface area contributed by atoms with Crippen molar-refractivity contribution in [2.24, 2.45) is 0 Å². The average Bonchev–Trinajstić information content (AvgIpc) is 1.87. The van der Waals surface area contributed by atoms with Crippen molar-refractivity contribution < 1.29 is 0 Å². The molecule has 0 nitrogen and oxygen atoms in total. The molecule has 0 aromatic heterocycles. The maximum atomic E-state index is 5.95. The van der Waals surface area contributed by atoms with Gasteiger partial charge in [0, 0.05) is 15.5 Å². The van der Waals surface area contributed by atoms with Crippen molar-refractivity contribution in [3.05, 3.63) is 0 Å². The highest BCUT2D eigenvalue weighted by Gasteiger charge is 2.12. The van der Waals surface area contributed by atoms with E-state index in [0.29, 0.717) is 4.83 Å². The zero-order chi connectivity index (χ0) is 7.28. The van der Waals surface area contributed by atoms with Crippen LogP contribution >= 0.6 is 43.5 Å². The number of alkyl halides is 3. The van der Waals surface area contributed by atoms with Crippen LogP contribution in [0.5, 0.6) is 0 Å². The minimum atomic E-state index is 0.273. The van der Waals surface area contributed by atoms with E-state index in [1.54, 1.807) is 0 Å². The molecule has 9 heavy (non-hydrogen) atoms. The molecule has 0 aliphatic rings. The van der Waals surface area contributed by atoms with Crippen LogP contribution in [0.2, 0.25) is 0 Å². The quantitative estimate of drug-likeness (QED) is 0.690. The molecule has 0 rings (SSSR count). The maximum Gasteiger partial charge on any atom is 0.0469 e. The minimum Gasteiger partial charge on any atom is -0.122 e. The van der Waals surface area contributed by atoms with Gasteiger partial charge in [-0.1, -0.05) is 45.2 Å². The molecule has 0 aromatic carbocycles. The Hall–Kier alpha value is 1.25. The molecule has 0 N–H and O–H groups in total. The lowest BCUT2D eigenvalue weighted by molar-refractivity contribution is 0.733. The molecule has 0 spiro atoms. The highest BCUT2D eigenvalue weighted by molar-refractivity contribution is 9.12. The van der Waals surface area contributed by atoms with E-state index in [1.165, 1.54) is 0 Å². The van der Waals surface area contributed by atoms with Gasteiger partial charge in [-0.15, -0.1) is 11.6 Å². The third-order valence-electron chi connectivity index (χ3n) is 1.10. The molecule has 0 amide bonds. The van der Waals surface area contributed by atoms with Gasteiger partial charge in [0.1, 0.15) is 0 Å². The molecule has 0 saturated carbocycles. The minimum absolute atomic E-state index is 0.273. The van der Waals surface area contributed by atoms with Gasteiger partial charge in [-0.05, 0) is 6.42 Å².